The number of benzene rings is 1. The Morgan fingerprint density at radius 1 is 1.43 bits per heavy atom. The molecule has 2 atom stereocenters. The predicted molar refractivity (Wildman–Crippen MR) is 79.6 cm³/mol. The molecule has 1 aromatic carbocycles. The Hall–Kier alpha value is -1.88. The van der Waals surface area contributed by atoms with E-state index in [2.05, 4.69) is 11.5 Å². The fourth-order valence-electron chi connectivity index (χ4n) is 2.71. The van der Waals surface area contributed by atoms with Crippen molar-refractivity contribution in [3.8, 4) is 0 Å². The number of aliphatic hydroxyl groups is 1. The second-order valence-corrected chi connectivity index (χ2v) is 6.02. The van der Waals surface area contributed by atoms with Gasteiger partial charge in [0, 0.05) is 18.6 Å². The van der Waals surface area contributed by atoms with Gasteiger partial charge in [0.25, 0.3) is 0 Å². The highest BCUT2D eigenvalue weighted by Crippen LogP contribution is 2.42. The van der Waals surface area contributed by atoms with Crippen molar-refractivity contribution in [1.29, 1.82) is 0 Å². The molecule has 5 nitrogen and oxygen atoms in total. The van der Waals surface area contributed by atoms with E-state index < -0.39 is 5.97 Å². The number of rotatable bonds is 5. The maximum absolute atomic E-state index is 11.2. The standard InChI is InChI=1S/C16H20N2O3/c1-9(8-19)10(2)18-14-7-12(16(20)21)5-6-13(14)17-15(18)11-3-4-11/h5-7,9-11,19H,3-4,8H2,1-2H3,(H,20,21). The van der Waals surface area contributed by atoms with Crippen molar-refractivity contribution in [2.24, 2.45) is 5.92 Å². The van der Waals surface area contributed by atoms with Crippen molar-refractivity contribution < 1.29 is 15.0 Å². The summed E-state index contributed by atoms with van der Waals surface area (Å²) in [5, 5.41) is 18.6. The van der Waals surface area contributed by atoms with Gasteiger partial charge in [0.05, 0.1) is 16.6 Å². The summed E-state index contributed by atoms with van der Waals surface area (Å²) in [6.45, 7) is 4.15. The van der Waals surface area contributed by atoms with Gasteiger partial charge in [0.1, 0.15) is 5.82 Å². The minimum atomic E-state index is -0.930. The lowest BCUT2D eigenvalue weighted by atomic mass is 10.0. The van der Waals surface area contributed by atoms with E-state index in [1.54, 1.807) is 18.2 Å². The summed E-state index contributed by atoms with van der Waals surface area (Å²) in [7, 11) is 0. The number of carboxylic acid groups (broad SMARTS) is 1. The van der Waals surface area contributed by atoms with E-state index in [9.17, 15) is 15.0 Å². The summed E-state index contributed by atoms with van der Waals surface area (Å²) in [5.41, 5.74) is 1.96. The molecule has 0 spiro atoms. The normalized spacial score (nSPS) is 17.9. The SMILES string of the molecule is CC(CO)C(C)n1c(C2CC2)nc2ccc(C(=O)O)cc21. The number of carboxylic acids is 1. The average Bonchev–Trinajstić information content (AvgIpc) is 3.25. The smallest absolute Gasteiger partial charge is 0.335 e. The molecule has 1 aromatic heterocycles. The molecule has 1 aliphatic rings. The van der Waals surface area contributed by atoms with Crippen LogP contribution in [-0.2, 0) is 0 Å². The Kier molecular flexibility index (Phi) is 3.45. The van der Waals surface area contributed by atoms with Crippen molar-refractivity contribution in [3.05, 3.63) is 29.6 Å². The van der Waals surface area contributed by atoms with E-state index in [0.29, 0.717) is 5.92 Å². The minimum absolute atomic E-state index is 0.0830. The molecule has 21 heavy (non-hydrogen) atoms. The average molecular weight is 288 g/mol. The summed E-state index contributed by atoms with van der Waals surface area (Å²) < 4.78 is 2.13. The first-order chi connectivity index (χ1) is 10.0. The number of nitrogens with zero attached hydrogens (tertiary/aromatic N) is 2. The van der Waals surface area contributed by atoms with Crippen LogP contribution in [0.3, 0.4) is 0 Å². The van der Waals surface area contributed by atoms with Gasteiger partial charge in [-0.25, -0.2) is 9.78 Å². The Balaban J connectivity index is 2.19. The first-order valence-electron chi connectivity index (χ1n) is 7.39. The number of aromatic carboxylic acids is 1. The van der Waals surface area contributed by atoms with Gasteiger partial charge in [-0.2, -0.15) is 0 Å². The van der Waals surface area contributed by atoms with Crippen LogP contribution in [0.4, 0.5) is 0 Å². The number of aromatic nitrogens is 2. The topological polar surface area (TPSA) is 75.3 Å². The molecule has 2 N–H and O–H groups in total. The molecule has 0 amide bonds. The lowest BCUT2D eigenvalue weighted by Crippen LogP contribution is -2.19. The number of hydrogen-bond donors (Lipinski definition) is 2. The van der Waals surface area contributed by atoms with Crippen LogP contribution in [0.1, 0.15) is 54.8 Å². The molecule has 2 unspecified atom stereocenters. The third kappa shape index (κ3) is 2.42. The van der Waals surface area contributed by atoms with E-state index in [1.807, 2.05) is 6.92 Å². The number of imidazole rings is 1. The Labute approximate surface area is 123 Å². The third-order valence-corrected chi connectivity index (χ3v) is 4.42. The number of hydrogen-bond acceptors (Lipinski definition) is 3. The highest BCUT2D eigenvalue weighted by atomic mass is 16.4. The van der Waals surface area contributed by atoms with Crippen molar-refractivity contribution in [3.63, 3.8) is 0 Å². The van der Waals surface area contributed by atoms with Crippen LogP contribution in [-0.4, -0.2) is 32.3 Å². The number of fused-ring (bicyclic) bond motifs is 1. The summed E-state index contributed by atoms with van der Waals surface area (Å²) in [6.07, 6.45) is 2.27. The highest BCUT2D eigenvalue weighted by molar-refractivity contribution is 5.92. The molecule has 1 fully saturated rings. The molecule has 1 aliphatic carbocycles. The van der Waals surface area contributed by atoms with Crippen LogP contribution in [0.5, 0.6) is 0 Å². The molecular weight excluding hydrogens is 268 g/mol. The Morgan fingerprint density at radius 3 is 2.71 bits per heavy atom. The van der Waals surface area contributed by atoms with Gasteiger partial charge in [-0.05, 0) is 43.9 Å². The zero-order valence-electron chi connectivity index (χ0n) is 12.3. The first-order valence-corrected chi connectivity index (χ1v) is 7.39. The van der Waals surface area contributed by atoms with Crippen LogP contribution in [0.2, 0.25) is 0 Å². The molecular formula is C16H20N2O3. The largest absolute Gasteiger partial charge is 0.478 e. The summed E-state index contributed by atoms with van der Waals surface area (Å²) in [4.78, 5) is 15.9. The first kappa shape index (κ1) is 14.1. The summed E-state index contributed by atoms with van der Waals surface area (Å²) >= 11 is 0. The van der Waals surface area contributed by atoms with Crippen LogP contribution in [0.25, 0.3) is 11.0 Å². The summed E-state index contributed by atoms with van der Waals surface area (Å²) in [6, 6.07) is 5.15. The van der Waals surface area contributed by atoms with Gasteiger partial charge in [-0.3, -0.25) is 0 Å². The predicted octanol–water partition coefficient (Wildman–Crippen LogP) is 2.80. The Morgan fingerprint density at radius 2 is 2.14 bits per heavy atom. The summed E-state index contributed by atoms with van der Waals surface area (Å²) in [5.74, 6) is 0.660. The number of aliphatic hydroxyl groups excluding tert-OH is 1. The molecule has 5 heteroatoms. The van der Waals surface area contributed by atoms with Gasteiger partial charge in [0.15, 0.2) is 0 Å². The molecule has 0 bridgehead atoms. The van der Waals surface area contributed by atoms with Gasteiger partial charge in [0.2, 0.25) is 0 Å². The van der Waals surface area contributed by atoms with Gasteiger partial charge >= 0.3 is 5.97 Å². The van der Waals surface area contributed by atoms with E-state index in [1.165, 1.54) is 0 Å². The van der Waals surface area contributed by atoms with Crippen LogP contribution in [0.15, 0.2) is 18.2 Å². The maximum Gasteiger partial charge on any atom is 0.335 e. The lowest BCUT2D eigenvalue weighted by Gasteiger charge is -2.22. The van der Waals surface area contributed by atoms with Crippen molar-refractivity contribution in [2.75, 3.05) is 6.61 Å². The zero-order valence-corrected chi connectivity index (χ0v) is 12.3. The monoisotopic (exact) mass is 288 g/mol. The van der Waals surface area contributed by atoms with E-state index in [-0.39, 0.29) is 24.1 Å². The quantitative estimate of drug-likeness (QED) is 0.887. The highest BCUT2D eigenvalue weighted by Gasteiger charge is 2.32. The molecule has 1 saturated carbocycles. The molecule has 2 aromatic rings. The maximum atomic E-state index is 11.2. The van der Waals surface area contributed by atoms with E-state index >= 15 is 0 Å². The molecule has 0 radical (unpaired) electrons. The third-order valence-electron chi connectivity index (χ3n) is 4.42. The van der Waals surface area contributed by atoms with Crippen LogP contribution >= 0.6 is 0 Å². The van der Waals surface area contributed by atoms with Crippen molar-refractivity contribution in [2.45, 2.75) is 38.6 Å². The molecule has 112 valence electrons. The molecule has 0 aliphatic heterocycles. The van der Waals surface area contributed by atoms with Crippen LogP contribution in [0, 0.1) is 5.92 Å². The Bertz CT molecular complexity index is 688. The lowest BCUT2D eigenvalue weighted by molar-refractivity contribution is 0.0697. The fourth-order valence-corrected chi connectivity index (χ4v) is 2.71. The van der Waals surface area contributed by atoms with Crippen molar-refractivity contribution >= 4 is 17.0 Å². The molecule has 1 heterocycles. The van der Waals surface area contributed by atoms with Crippen molar-refractivity contribution in [1.82, 2.24) is 9.55 Å². The van der Waals surface area contributed by atoms with Gasteiger partial charge in [-0.1, -0.05) is 6.92 Å². The van der Waals surface area contributed by atoms with Gasteiger partial charge in [-0.15, -0.1) is 0 Å². The zero-order chi connectivity index (χ0) is 15.1. The van der Waals surface area contributed by atoms with E-state index in [0.717, 1.165) is 29.7 Å². The second kappa shape index (κ2) is 5.15. The van der Waals surface area contributed by atoms with Gasteiger partial charge < -0.3 is 14.8 Å². The fraction of sp³-hybridized carbons (Fsp3) is 0.500. The number of carbonyl (C=O) groups is 1. The molecule has 0 saturated heterocycles. The van der Waals surface area contributed by atoms with E-state index in [4.69, 9.17) is 4.98 Å². The molecule has 3 rings (SSSR count). The second-order valence-electron chi connectivity index (χ2n) is 6.02. The van der Waals surface area contributed by atoms with Crippen LogP contribution < -0.4 is 0 Å². The minimum Gasteiger partial charge on any atom is -0.478 e.